The van der Waals surface area contributed by atoms with Crippen LogP contribution in [0.1, 0.15) is 20.8 Å². The Morgan fingerprint density at radius 3 is 2.20 bits per heavy atom. The number of benzene rings is 1. The van der Waals surface area contributed by atoms with Gasteiger partial charge in [0, 0.05) is 4.90 Å². The number of rotatable bonds is 5. The Morgan fingerprint density at radius 1 is 1.04 bits per heavy atom. The summed E-state index contributed by atoms with van der Waals surface area (Å²) in [4.78, 5) is 0.930. The topological polar surface area (TPSA) is 79.2 Å². The molecule has 7 heteroatoms. The molecule has 0 radical (unpaired) electrons. The van der Waals surface area contributed by atoms with Gasteiger partial charge in [-0.3, -0.25) is 0 Å². The van der Waals surface area contributed by atoms with Gasteiger partial charge in [0.1, 0.15) is 29.9 Å². The van der Waals surface area contributed by atoms with E-state index < -0.39 is 38.2 Å². The lowest BCUT2D eigenvalue weighted by atomic mass is 10.0. The molecule has 0 aromatic heterocycles. The van der Waals surface area contributed by atoms with Gasteiger partial charge in [0.25, 0.3) is 0 Å². The van der Waals surface area contributed by atoms with E-state index in [1.54, 1.807) is 0 Å². The van der Waals surface area contributed by atoms with Crippen LogP contribution in [0.5, 0.6) is 0 Å². The number of hydrogen-bond donors (Lipinski definition) is 3. The molecule has 1 aromatic rings. The van der Waals surface area contributed by atoms with Crippen LogP contribution in [-0.2, 0) is 9.16 Å². The number of hydrogen-bond acceptors (Lipinski definition) is 6. The smallest absolute Gasteiger partial charge is 0.192 e. The Balaban J connectivity index is 2.05. The number of ether oxygens (including phenoxy) is 1. The highest BCUT2D eigenvalue weighted by Gasteiger charge is 2.45. The van der Waals surface area contributed by atoms with E-state index >= 15 is 0 Å². The average molecular weight is 387 g/mol. The van der Waals surface area contributed by atoms with Crippen molar-refractivity contribution in [2.45, 2.75) is 73.7 Å². The van der Waals surface area contributed by atoms with Crippen LogP contribution in [0.2, 0.25) is 18.1 Å². The summed E-state index contributed by atoms with van der Waals surface area (Å²) in [6.45, 7) is 10.9. The predicted molar refractivity (Wildman–Crippen MR) is 102 cm³/mol. The first-order valence-electron chi connectivity index (χ1n) is 8.58. The molecule has 1 aliphatic heterocycles. The van der Waals surface area contributed by atoms with Crippen LogP contribution in [0.4, 0.5) is 0 Å². The minimum Gasteiger partial charge on any atom is -0.414 e. The molecular weight excluding hydrogens is 356 g/mol. The lowest BCUT2D eigenvalue weighted by Gasteiger charge is -2.42. The van der Waals surface area contributed by atoms with Crippen molar-refractivity contribution in [3.8, 4) is 0 Å². The standard InChI is InChI=1S/C18H30O5SSi/c1-18(2,3)25(4,5)22-11-13-14(19)15(20)16(21)17(23-13)24-12-9-7-6-8-10-12/h6-10,13-17,19-21H,11H2,1-5H3/t13-,14-,15+,16-,17+/m1/s1. The van der Waals surface area contributed by atoms with Gasteiger partial charge in [0.15, 0.2) is 8.32 Å². The monoisotopic (exact) mass is 386 g/mol. The third-order valence-corrected chi connectivity index (χ3v) is 10.7. The van der Waals surface area contributed by atoms with Crippen LogP contribution in [0, 0.1) is 0 Å². The molecule has 0 saturated carbocycles. The molecule has 1 fully saturated rings. The van der Waals surface area contributed by atoms with E-state index in [-0.39, 0.29) is 11.6 Å². The van der Waals surface area contributed by atoms with Crippen molar-refractivity contribution >= 4 is 20.1 Å². The summed E-state index contributed by atoms with van der Waals surface area (Å²) in [5.74, 6) is 0. The van der Waals surface area contributed by atoms with Gasteiger partial charge in [-0.05, 0) is 30.3 Å². The Hall–Kier alpha value is -0.413. The summed E-state index contributed by atoms with van der Waals surface area (Å²) in [5, 5.41) is 30.8. The quantitative estimate of drug-likeness (QED) is 0.675. The van der Waals surface area contributed by atoms with Crippen LogP contribution in [0.25, 0.3) is 0 Å². The summed E-state index contributed by atoms with van der Waals surface area (Å²) in [7, 11) is -2.00. The third kappa shape index (κ3) is 5.06. The highest BCUT2D eigenvalue weighted by molar-refractivity contribution is 7.99. The van der Waals surface area contributed by atoms with Gasteiger partial charge >= 0.3 is 0 Å². The minimum atomic E-state index is -2.00. The van der Waals surface area contributed by atoms with Crippen molar-refractivity contribution in [3.05, 3.63) is 30.3 Å². The normalized spacial score (nSPS) is 31.1. The second-order valence-electron chi connectivity index (χ2n) is 8.02. The molecule has 2 rings (SSSR count). The minimum absolute atomic E-state index is 0.0446. The average Bonchev–Trinajstić information content (AvgIpc) is 2.54. The van der Waals surface area contributed by atoms with E-state index in [9.17, 15) is 15.3 Å². The zero-order valence-electron chi connectivity index (χ0n) is 15.5. The molecule has 0 bridgehead atoms. The van der Waals surface area contributed by atoms with Crippen LogP contribution in [0.3, 0.4) is 0 Å². The molecule has 1 aliphatic rings. The number of thioether (sulfide) groups is 1. The largest absolute Gasteiger partial charge is 0.414 e. The fourth-order valence-corrected chi connectivity index (χ4v) is 4.39. The summed E-state index contributed by atoms with van der Waals surface area (Å²) in [5.41, 5.74) is -0.659. The third-order valence-electron chi connectivity index (χ3n) is 5.08. The van der Waals surface area contributed by atoms with E-state index in [1.807, 2.05) is 30.3 Å². The second-order valence-corrected chi connectivity index (χ2v) is 14.0. The van der Waals surface area contributed by atoms with Gasteiger partial charge in [-0.1, -0.05) is 50.7 Å². The predicted octanol–water partition coefficient (Wildman–Crippen LogP) is 2.61. The second kappa shape index (κ2) is 8.08. The Kier molecular flexibility index (Phi) is 6.75. The van der Waals surface area contributed by atoms with Crippen molar-refractivity contribution in [1.82, 2.24) is 0 Å². The van der Waals surface area contributed by atoms with Crippen LogP contribution < -0.4 is 0 Å². The lowest BCUT2D eigenvalue weighted by molar-refractivity contribution is -0.204. The molecular formula is C18H30O5SSi. The fourth-order valence-electron chi connectivity index (χ4n) is 2.29. The van der Waals surface area contributed by atoms with Crippen molar-refractivity contribution in [2.75, 3.05) is 6.61 Å². The Bertz CT molecular complexity index is 548. The maximum atomic E-state index is 10.3. The molecule has 1 heterocycles. The van der Waals surface area contributed by atoms with Gasteiger partial charge in [0.05, 0.1) is 6.61 Å². The van der Waals surface area contributed by atoms with Crippen LogP contribution in [-0.4, -0.2) is 60.1 Å². The molecule has 0 aliphatic carbocycles. The van der Waals surface area contributed by atoms with Gasteiger partial charge in [-0.15, -0.1) is 0 Å². The van der Waals surface area contributed by atoms with Crippen molar-refractivity contribution in [1.29, 1.82) is 0 Å². The van der Waals surface area contributed by atoms with E-state index in [4.69, 9.17) is 9.16 Å². The molecule has 142 valence electrons. The Labute approximate surface area is 155 Å². The summed E-state index contributed by atoms with van der Waals surface area (Å²) in [6.07, 6.45) is -4.27. The molecule has 3 N–H and O–H groups in total. The molecule has 1 aromatic carbocycles. The SMILES string of the molecule is CC(C)(C)[Si](C)(C)OC[C@H]1O[C@@H](Sc2ccccc2)[C@H](O)[C@@H](O)[C@@H]1O. The van der Waals surface area contributed by atoms with Crippen molar-refractivity contribution in [3.63, 3.8) is 0 Å². The van der Waals surface area contributed by atoms with Crippen molar-refractivity contribution < 1.29 is 24.5 Å². The zero-order chi connectivity index (χ0) is 18.8. The molecule has 0 amide bonds. The molecule has 5 atom stereocenters. The highest BCUT2D eigenvalue weighted by Crippen LogP contribution is 2.38. The lowest BCUT2D eigenvalue weighted by Crippen LogP contribution is -2.58. The van der Waals surface area contributed by atoms with Crippen molar-refractivity contribution in [2.24, 2.45) is 0 Å². The first-order chi connectivity index (χ1) is 11.5. The first-order valence-corrected chi connectivity index (χ1v) is 12.4. The number of aliphatic hydroxyl groups excluding tert-OH is 3. The van der Waals surface area contributed by atoms with E-state index in [0.29, 0.717) is 0 Å². The van der Waals surface area contributed by atoms with Gasteiger partial charge in [-0.25, -0.2) is 0 Å². The molecule has 25 heavy (non-hydrogen) atoms. The van der Waals surface area contributed by atoms with Crippen LogP contribution in [0.15, 0.2) is 35.2 Å². The zero-order valence-corrected chi connectivity index (χ0v) is 17.4. The van der Waals surface area contributed by atoms with E-state index in [2.05, 4.69) is 33.9 Å². The molecule has 0 unspecified atom stereocenters. The van der Waals surface area contributed by atoms with E-state index in [0.717, 1.165) is 4.90 Å². The summed E-state index contributed by atoms with van der Waals surface area (Å²) >= 11 is 1.33. The van der Waals surface area contributed by atoms with Gasteiger partial charge < -0.3 is 24.5 Å². The molecule has 0 spiro atoms. The molecule has 1 saturated heterocycles. The number of aliphatic hydroxyl groups is 3. The maximum Gasteiger partial charge on any atom is 0.192 e. The van der Waals surface area contributed by atoms with Gasteiger partial charge in [-0.2, -0.15) is 0 Å². The van der Waals surface area contributed by atoms with E-state index in [1.165, 1.54) is 11.8 Å². The summed E-state index contributed by atoms with van der Waals surface area (Å²) in [6, 6.07) is 9.55. The Morgan fingerprint density at radius 2 is 1.64 bits per heavy atom. The summed E-state index contributed by atoms with van der Waals surface area (Å²) < 4.78 is 12.0. The van der Waals surface area contributed by atoms with Crippen LogP contribution >= 0.6 is 11.8 Å². The maximum absolute atomic E-state index is 10.3. The highest BCUT2D eigenvalue weighted by atomic mass is 32.2. The fraction of sp³-hybridized carbons (Fsp3) is 0.667. The molecule has 5 nitrogen and oxygen atoms in total. The van der Waals surface area contributed by atoms with Gasteiger partial charge in [0.2, 0.25) is 0 Å². The first kappa shape index (κ1) is 20.9.